The van der Waals surface area contributed by atoms with Crippen molar-refractivity contribution < 1.29 is 13.6 Å². The maximum Gasteiger partial charge on any atom is 0.323 e. The third-order valence-electron chi connectivity index (χ3n) is 2.55. The molecule has 1 heterocycles. The van der Waals surface area contributed by atoms with Gasteiger partial charge in [-0.2, -0.15) is 0 Å². The van der Waals surface area contributed by atoms with Crippen molar-refractivity contribution >= 4 is 12.0 Å². The van der Waals surface area contributed by atoms with E-state index in [-0.39, 0.29) is 12.1 Å². The predicted molar refractivity (Wildman–Crippen MR) is 55.9 cm³/mol. The summed E-state index contributed by atoms with van der Waals surface area (Å²) < 4.78 is 17.9. The Morgan fingerprint density at radius 3 is 3.00 bits per heavy atom. The number of hydrogen-bond donors (Lipinski definition) is 2. The van der Waals surface area contributed by atoms with Crippen molar-refractivity contribution in [1.29, 1.82) is 0 Å². The van der Waals surface area contributed by atoms with Crippen LogP contribution < -0.4 is 10.6 Å². The van der Waals surface area contributed by atoms with Crippen LogP contribution in [0.5, 0.6) is 0 Å². The molecule has 2 atom stereocenters. The molecule has 0 spiro atoms. The third-order valence-corrected chi connectivity index (χ3v) is 2.55. The number of hydrogen-bond acceptors (Lipinski definition) is 3. The number of urea groups is 1. The second-order valence-electron chi connectivity index (χ2n) is 3.98. The maximum atomic E-state index is 12.9. The summed E-state index contributed by atoms with van der Waals surface area (Å²) in [6.07, 6.45) is 2.30. The van der Waals surface area contributed by atoms with Gasteiger partial charge >= 0.3 is 12.0 Å². The Morgan fingerprint density at radius 1 is 1.62 bits per heavy atom. The van der Waals surface area contributed by atoms with Gasteiger partial charge in [-0.25, -0.2) is 14.2 Å². The van der Waals surface area contributed by atoms with Crippen LogP contribution in [-0.4, -0.2) is 23.2 Å². The second kappa shape index (κ2) is 4.51. The Hall–Kier alpha value is -1.59. The Kier molecular flexibility index (Phi) is 3.07. The van der Waals surface area contributed by atoms with Gasteiger partial charge < -0.3 is 9.73 Å². The highest BCUT2D eigenvalue weighted by Crippen LogP contribution is 2.21. The van der Waals surface area contributed by atoms with Crippen molar-refractivity contribution in [2.75, 3.05) is 5.32 Å². The van der Waals surface area contributed by atoms with Crippen molar-refractivity contribution in [2.45, 2.75) is 38.4 Å². The van der Waals surface area contributed by atoms with Gasteiger partial charge in [0.1, 0.15) is 11.9 Å². The first-order valence-corrected chi connectivity index (χ1v) is 5.27. The average molecular weight is 227 g/mol. The number of aryl methyl sites for hydroxylation is 1. The highest BCUT2D eigenvalue weighted by Gasteiger charge is 2.25. The number of carbonyl (C=O) groups is 1. The van der Waals surface area contributed by atoms with Crippen LogP contribution in [-0.2, 0) is 0 Å². The molecule has 0 aliphatic heterocycles. The third kappa shape index (κ3) is 2.71. The van der Waals surface area contributed by atoms with Gasteiger partial charge in [0.15, 0.2) is 0 Å². The van der Waals surface area contributed by atoms with Crippen molar-refractivity contribution in [3.63, 3.8) is 0 Å². The molecule has 2 N–H and O–H groups in total. The Bertz CT molecular complexity index is 380. The van der Waals surface area contributed by atoms with E-state index in [2.05, 4.69) is 15.6 Å². The summed E-state index contributed by atoms with van der Waals surface area (Å²) in [5, 5.41) is 5.13. The Labute approximate surface area is 92.4 Å². The van der Waals surface area contributed by atoms with Crippen molar-refractivity contribution in [2.24, 2.45) is 0 Å². The molecule has 1 aliphatic carbocycles. The molecule has 1 saturated carbocycles. The quantitative estimate of drug-likeness (QED) is 0.811. The molecular formula is C10H14FN3O2. The van der Waals surface area contributed by atoms with E-state index in [0.29, 0.717) is 25.0 Å². The van der Waals surface area contributed by atoms with Gasteiger partial charge in [-0.15, -0.1) is 0 Å². The molecule has 2 rings (SSSR count). The van der Waals surface area contributed by atoms with Gasteiger partial charge in [-0.1, -0.05) is 0 Å². The SMILES string of the molecule is Cc1cnc(NC(=O)N[C@@H]2CC[C@@H](F)C2)o1. The first kappa shape index (κ1) is 10.9. The highest BCUT2D eigenvalue weighted by atomic mass is 19.1. The van der Waals surface area contributed by atoms with E-state index in [0.717, 1.165) is 0 Å². The molecule has 0 saturated heterocycles. The monoisotopic (exact) mass is 227 g/mol. The maximum absolute atomic E-state index is 12.9. The molecule has 0 aromatic carbocycles. The Morgan fingerprint density at radius 2 is 2.44 bits per heavy atom. The molecular weight excluding hydrogens is 213 g/mol. The van der Waals surface area contributed by atoms with Gasteiger partial charge in [0, 0.05) is 6.04 Å². The molecule has 1 aromatic rings. The first-order chi connectivity index (χ1) is 7.63. The summed E-state index contributed by atoms with van der Waals surface area (Å²) in [4.78, 5) is 15.3. The summed E-state index contributed by atoms with van der Waals surface area (Å²) in [6.45, 7) is 1.74. The van der Waals surface area contributed by atoms with E-state index < -0.39 is 12.2 Å². The molecule has 16 heavy (non-hydrogen) atoms. The summed E-state index contributed by atoms with van der Waals surface area (Å²) in [7, 11) is 0. The number of oxazole rings is 1. The van der Waals surface area contributed by atoms with E-state index >= 15 is 0 Å². The summed E-state index contributed by atoms with van der Waals surface area (Å²) in [5.74, 6) is 0.625. The van der Waals surface area contributed by atoms with Gasteiger partial charge in [0.25, 0.3) is 0 Å². The normalized spacial score (nSPS) is 24.4. The molecule has 1 aromatic heterocycles. The largest absolute Gasteiger partial charge is 0.429 e. The van der Waals surface area contributed by atoms with Gasteiger partial charge in [0.05, 0.1) is 6.20 Å². The molecule has 1 aliphatic rings. The molecule has 88 valence electrons. The van der Waals surface area contributed by atoms with Gasteiger partial charge in [0.2, 0.25) is 0 Å². The number of anilines is 1. The van der Waals surface area contributed by atoms with Crippen LogP contribution in [0.2, 0.25) is 0 Å². The Balaban J connectivity index is 1.80. The number of nitrogens with one attached hydrogen (secondary N) is 2. The van der Waals surface area contributed by atoms with Crippen LogP contribution in [0.15, 0.2) is 10.6 Å². The van der Waals surface area contributed by atoms with Crippen molar-refractivity contribution in [1.82, 2.24) is 10.3 Å². The van der Waals surface area contributed by atoms with Crippen LogP contribution in [0.3, 0.4) is 0 Å². The molecule has 5 nitrogen and oxygen atoms in total. The van der Waals surface area contributed by atoms with Crippen molar-refractivity contribution in [3.05, 3.63) is 12.0 Å². The minimum atomic E-state index is -0.797. The van der Waals surface area contributed by atoms with Crippen LogP contribution >= 0.6 is 0 Å². The number of halogens is 1. The number of carbonyl (C=O) groups excluding carboxylic acids is 1. The minimum absolute atomic E-state index is 0.0916. The van der Waals surface area contributed by atoms with Gasteiger partial charge in [-0.05, 0) is 26.2 Å². The topological polar surface area (TPSA) is 67.2 Å². The molecule has 6 heteroatoms. The van der Waals surface area contributed by atoms with Gasteiger partial charge in [-0.3, -0.25) is 5.32 Å². The average Bonchev–Trinajstić information content (AvgIpc) is 2.76. The zero-order chi connectivity index (χ0) is 11.5. The summed E-state index contributed by atoms with van der Waals surface area (Å²) in [5.41, 5.74) is 0. The first-order valence-electron chi connectivity index (χ1n) is 5.27. The molecule has 0 radical (unpaired) electrons. The second-order valence-corrected chi connectivity index (χ2v) is 3.98. The number of rotatable bonds is 2. The van der Waals surface area contributed by atoms with E-state index in [1.165, 1.54) is 6.20 Å². The fourth-order valence-electron chi connectivity index (χ4n) is 1.79. The van der Waals surface area contributed by atoms with E-state index in [1.54, 1.807) is 6.92 Å². The predicted octanol–water partition coefficient (Wildman–Crippen LogP) is 2.00. The number of nitrogens with zero attached hydrogens (tertiary/aromatic N) is 1. The van der Waals surface area contributed by atoms with E-state index in [1.807, 2.05) is 0 Å². The number of alkyl halides is 1. The van der Waals surface area contributed by atoms with Crippen LogP contribution in [0, 0.1) is 6.92 Å². The lowest BCUT2D eigenvalue weighted by atomic mass is 10.2. The molecule has 0 unspecified atom stereocenters. The molecule has 1 fully saturated rings. The number of aromatic nitrogens is 1. The van der Waals surface area contributed by atoms with Crippen LogP contribution in [0.1, 0.15) is 25.0 Å². The van der Waals surface area contributed by atoms with E-state index in [9.17, 15) is 9.18 Å². The fourth-order valence-corrected chi connectivity index (χ4v) is 1.79. The smallest absolute Gasteiger partial charge is 0.323 e. The van der Waals surface area contributed by atoms with Crippen molar-refractivity contribution in [3.8, 4) is 0 Å². The summed E-state index contributed by atoms with van der Waals surface area (Å²) >= 11 is 0. The fraction of sp³-hybridized carbons (Fsp3) is 0.600. The number of amides is 2. The summed E-state index contributed by atoms with van der Waals surface area (Å²) in [6, 6.07) is -0.336. The zero-order valence-corrected chi connectivity index (χ0v) is 9.00. The lowest BCUT2D eigenvalue weighted by Gasteiger charge is -2.10. The molecule has 2 amide bonds. The zero-order valence-electron chi connectivity index (χ0n) is 9.00. The van der Waals surface area contributed by atoms with Crippen LogP contribution in [0.4, 0.5) is 15.2 Å². The molecule has 0 bridgehead atoms. The highest BCUT2D eigenvalue weighted by molar-refractivity contribution is 5.87. The lowest BCUT2D eigenvalue weighted by molar-refractivity contribution is 0.247. The van der Waals surface area contributed by atoms with Crippen LogP contribution in [0.25, 0.3) is 0 Å². The minimum Gasteiger partial charge on any atom is -0.429 e. The van der Waals surface area contributed by atoms with E-state index in [4.69, 9.17) is 4.42 Å². The standard InChI is InChI=1S/C10H14FN3O2/c1-6-5-12-10(16-6)14-9(15)13-8-3-2-7(11)4-8/h5,7-8H,2-4H2,1H3,(H2,12,13,14,15)/t7-,8-/m1/s1. The lowest BCUT2D eigenvalue weighted by Crippen LogP contribution is -2.36.